The van der Waals surface area contributed by atoms with Crippen molar-refractivity contribution < 1.29 is 4.39 Å². The molecule has 0 atom stereocenters. The Labute approximate surface area is 85.2 Å². The molecule has 0 aliphatic heterocycles. The molecule has 0 nitrogen and oxygen atoms in total. The van der Waals surface area contributed by atoms with Gasteiger partial charge in [-0.25, -0.2) is 4.39 Å². The van der Waals surface area contributed by atoms with Crippen molar-refractivity contribution in [3.63, 3.8) is 0 Å². The van der Waals surface area contributed by atoms with Crippen LogP contribution in [0.15, 0.2) is 18.2 Å². The highest BCUT2D eigenvalue weighted by molar-refractivity contribution is 5.36. The van der Waals surface area contributed by atoms with Gasteiger partial charge in [0.25, 0.3) is 0 Å². The number of halogens is 1. The van der Waals surface area contributed by atoms with Crippen molar-refractivity contribution in [3.8, 4) is 12.3 Å². The first-order valence-electron chi connectivity index (χ1n) is 4.67. The summed E-state index contributed by atoms with van der Waals surface area (Å²) in [6, 6.07) is 4.80. The lowest BCUT2D eigenvalue weighted by molar-refractivity contribution is 0.410. The van der Waals surface area contributed by atoms with Crippen LogP contribution >= 0.6 is 0 Å². The second-order valence-corrected chi connectivity index (χ2v) is 4.73. The smallest absolute Gasteiger partial charge is 0.124 e. The van der Waals surface area contributed by atoms with Crippen LogP contribution in [0.5, 0.6) is 0 Å². The first kappa shape index (κ1) is 10.8. The molecule has 1 rings (SSSR count). The fourth-order valence-corrected chi connectivity index (χ4v) is 1.45. The monoisotopic (exact) mass is 190 g/mol. The average Bonchev–Trinajstić information content (AvgIpc) is 1.99. The first-order valence-corrected chi connectivity index (χ1v) is 4.67. The summed E-state index contributed by atoms with van der Waals surface area (Å²) in [7, 11) is 0. The quantitative estimate of drug-likeness (QED) is 0.595. The van der Waals surface area contributed by atoms with E-state index in [2.05, 4.69) is 26.7 Å². The normalized spacial score (nSPS) is 11.1. The van der Waals surface area contributed by atoms with Gasteiger partial charge in [-0.15, -0.1) is 6.42 Å². The highest BCUT2D eigenvalue weighted by Crippen LogP contribution is 2.21. The van der Waals surface area contributed by atoms with Gasteiger partial charge in [0.05, 0.1) is 0 Å². The third-order valence-electron chi connectivity index (χ3n) is 1.86. The summed E-state index contributed by atoms with van der Waals surface area (Å²) in [6.45, 7) is 6.36. The predicted octanol–water partition coefficient (Wildman–Crippen LogP) is 3.40. The Bertz CT molecular complexity index is 364. The average molecular weight is 190 g/mol. The Morgan fingerprint density at radius 1 is 1.29 bits per heavy atom. The zero-order valence-corrected chi connectivity index (χ0v) is 8.89. The van der Waals surface area contributed by atoms with Crippen LogP contribution in [0.25, 0.3) is 0 Å². The van der Waals surface area contributed by atoms with Crippen LogP contribution in [0.4, 0.5) is 4.39 Å². The van der Waals surface area contributed by atoms with Gasteiger partial charge in [-0.2, -0.15) is 0 Å². The molecule has 14 heavy (non-hydrogen) atoms. The van der Waals surface area contributed by atoms with Gasteiger partial charge in [0, 0.05) is 5.56 Å². The third kappa shape index (κ3) is 3.22. The van der Waals surface area contributed by atoms with Gasteiger partial charge in [0.1, 0.15) is 5.82 Å². The number of hydrogen-bond donors (Lipinski definition) is 0. The minimum Gasteiger partial charge on any atom is -0.207 e. The Kier molecular flexibility index (Phi) is 2.96. The molecule has 0 bridgehead atoms. The third-order valence-corrected chi connectivity index (χ3v) is 1.86. The topological polar surface area (TPSA) is 0 Å². The van der Waals surface area contributed by atoms with Crippen molar-refractivity contribution in [2.24, 2.45) is 5.41 Å². The predicted molar refractivity (Wildman–Crippen MR) is 57.5 cm³/mol. The number of hydrogen-bond acceptors (Lipinski definition) is 0. The maximum Gasteiger partial charge on any atom is 0.124 e. The van der Waals surface area contributed by atoms with Gasteiger partial charge in [0.2, 0.25) is 0 Å². The van der Waals surface area contributed by atoms with Gasteiger partial charge in [-0.3, -0.25) is 0 Å². The molecule has 0 N–H and O–H groups in total. The molecule has 0 aliphatic carbocycles. The van der Waals surface area contributed by atoms with Crippen molar-refractivity contribution in [2.45, 2.75) is 27.2 Å². The van der Waals surface area contributed by atoms with Crippen LogP contribution in [-0.4, -0.2) is 0 Å². The molecule has 0 spiro atoms. The Hall–Kier alpha value is -1.29. The maximum absolute atomic E-state index is 13.1. The number of terminal acetylenes is 1. The summed E-state index contributed by atoms with van der Waals surface area (Å²) in [4.78, 5) is 0. The molecule has 1 aromatic carbocycles. The van der Waals surface area contributed by atoms with Crippen molar-refractivity contribution in [1.82, 2.24) is 0 Å². The van der Waals surface area contributed by atoms with Crippen LogP contribution in [0.2, 0.25) is 0 Å². The fourth-order valence-electron chi connectivity index (χ4n) is 1.45. The summed E-state index contributed by atoms with van der Waals surface area (Å²) in [5.74, 6) is 2.20. The standard InChI is InChI=1S/C13H15F/c1-5-10-6-11(8-12(14)7-10)9-13(2,3)4/h1,6-8H,9H2,2-4H3. The van der Waals surface area contributed by atoms with E-state index < -0.39 is 0 Å². The van der Waals surface area contributed by atoms with Gasteiger partial charge >= 0.3 is 0 Å². The molecule has 0 unspecified atom stereocenters. The Morgan fingerprint density at radius 3 is 2.43 bits per heavy atom. The van der Waals surface area contributed by atoms with Gasteiger partial charge in [-0.1, -0.05) is 26.7 Å². The molecular formula is C13H15F. The van der Waals surface area contributed by atoms with E-state index >= 15 is 0 Å². The number of rotatable bonds is 1. The second-order valence-electron chi connectivity index (χ2n) is 4.73. The molecule has 0 heterocycles. The molecule has 74 valence electrons. The zero-order valence-electron chi connectivity index (χ0n) is 8.89. The molecular weight excluding hydrogens is 175 g/mol. The van der Waals surface area contributed by atoms with Crippen LogP contribution in [0.1, 0.15) is 31.9 Å². The van der Waals surface area contributed by atoms with Crippen molar-refractivity contribution >= 4 is 0 Å². The fraction of sp³-hybridized carbons (Fsp3) is 0.385. The molecule has 0 saturated heterocycles. The SMILES string of the molecule is C#Cc1cc(F)cc(CC(C)(C)C)c1. The van der Waals surface area contributed by atoms with E-state index in [0.29, 0.717) is 5.56 Å². The zero-order chi connectivity index (χ0) is 10.8. The minimum atomic E-state index is -0.250. The molecule has 0 aliphatic rings. The summed E-state index contributed by atoms with van der Waals surface area (Å²) in [6.07, 6.45) is 6.07. The molecule has 1 heteroatoms. The molecule has 0 aromatic heterocycles. The van der Waals surface area contributed by atoms with Crippen LogP contribution < -0.4 is 0 Å². The van der Waals surface area contributed by atoms with E-state index in [9.17, 15) is 4.39 Å². The van der Waals surface area contributed by atoms with Crippen molar-refractivity contribution in [3.05, 3.63) is 35.1 Å². The summed E-state index contributed by atoms with van der Waals surface area (Å²) in [5.41, 5.74) is 1.73. The van der Waals surface area contributed by atoms with E-state index in [0.717, 1.165) is 12.0 Å². The summed E-state index contributed by atoms with van der Waals surface area (Å²) >= 11 is 0. The molecule has 0 radical (unpaired) electrons. The highest BCUT2D eigenvalue weighted by Gasteiger charge is 2.12. The largest absolute Gasteiger partial charge is 0.207 e. The molecule has 0 amide bonds. The highest BCUT2D eigenvalue weighted by atomic mass is 19.1. The Morgan fingerprint density at radius 2 is 1.93 bits per heavy atom. The molecule has 1 aromatic rings. The van der Waals surface area contributed by atoms with E-state index in [1.165, 1.54) is 6.07 Å². The lowest BCUT2D eigenvalue weighted by Gasteiger charge is -2.18. The van der Waals surface area contributed by atoms with Gasteiger partial charge in [0.15, 0.2) is 0 Å². The van der Waals surface area contributed by atoms with E-state index in [-0.39, 0.29) is 11.2 Å². The van der Waals surface area contributed by atoms with Gasteiger partial charge in [-0.05, 0) is 35.6 Å². The molecule has 0 saturated carbocycles. The van der Waals surface area contributed by atoms with Crippen molar-refractivity contribution in [1.29, 1.82) is 0 Å². The van der Waals surface area contributed by atoms with Crippen LogP contribution in [0.3, 0.4) is 0 Å². The lowest BCUT2D eigenvalue weighted by Crippen LogP contribution is -2.09. The van der Waals surface area contributed by atoms with Crippen LogP contribution in [-0.2, 0) is 6.42 Å². The minimum absolute atomic E-state index is 0.152. The van der Waals surface area contributed by atoms with Crippen molar-refractivity contribution in [2.75, 3.05) is 0 Å². The second kappa shape index (κ2) is 3.84. The number of benzene rings is 1. The van der Waals surface area contributed by atoms with E-state index in [4.69, 9.17) is 6.42 Å². The lowest BCUT2D eigenvalue weighted by atomic mass is 9.88. The molecule has 0 fully saturated rings. The first-order chi connectivity index (χ1) is 6.40. The summed E-state index contributed by atoms with van der Waals surface area (Å²) in [5, 5.41) is 0. The van der Waals surface area contributed by atoms with Crippen LogP contribution in [0, 0.1) is 23.6 Å². The van der Waals surface area contributed by atoms with E-state index in [1.807, 2.05) is 6.07 Å². The Balaban J connectivity index is 3.00. The van der Waals surface area contributed by atoms with E-state index in [1.54, 1.807) is 6.07 Å². The maximum atomic E-state index is 13.1. The van der Waals surface area contributed by atoms with Gasteiger partial charge < -0.3 is 0 Å². The summed E-state index contributed by atoms with van der Waals surface area (Å²) < 4.78 is 13.1.